The van der Waals surface area contributed by atoms with Crippen molar-refractivity contribution in [3.05, 3.63) is 55.1 Å². The summed E-state index contributed by atoms with van der Waals surface area (Å²) in [6.07, 6.45) is 10.8. The molecule has 142 valence electrons. The fraction of sp³-hybridized carbons (Fsp3) is 0.263. The molecule has 5 rings (SSSR count). The molecule has 4 aromatic rings. The number of nitrogens with zero attached hydrogens (tertiary/aromatic N) is 7. The summed E-state index contributed by atoms with van der Waals surface area (Å²) < 4.78 is 9.02. The predicted octanol–water partition coefficient (Wildman–Crippen LogP) is 1.69. The minimum atomic E-state index is -0.0736. The van der Waals surface area contributed by atoms with Gasteiger partial charge >= 0.3 is 0 Å². The summed E-state index contributed by atoms with van der Waals surface area (Å²) in [7, 11) is 1.89. The van der Waals surface area contributed by atoms with Crippen molar-refractivity contribution in [1.29, 1.82) is 0 Å². The van der Waals surface area contributed by atoms with Crippen molar-refractivity contribution < 1.29 is 9.21 Å². The number of aryl methyl sites for hydroxylation is 1. The number of fused-ring (bicyclic) bond motifs is 1. The molecule has 1 fully saturated rings. The first-order valence-electron chi connectivity index (χ1n) is 9.09. The molecule has 0 bridgehead atoms. The molecule has 0 aromatic carbocycles. The maximum absolute atomic E-state index is 12.5. The number of anilines is 1. The van der Waals surface area contributed by atoms with E-state index in [1.165, 1.54) is 6.26 Å². The summed E-state index contributed by atoms with van der Waals surface area (Å²) in [6.45, 7) is 2.60. The van der Waals surface area contributed by atoms with Crippen molar-refractivity contribution in [2.45, 2.75) is 0 Å². The molecule has 0 atom stereocenters. The molecule has 1 aliphatic heterocycles. The Morgan fingerprint density at radius 2 is 2.00 bits per heavy atom. The average molecular weight is 377 g/mol. The highest BCUT2D eigenvalue weighted by molar-refractivity contribution is 5.91. The molecule has 28 heavy (non-hydrogen) atoms. The van der Waals surface area contributed by atoms with Crippen LogP contribution in [0.2, 0.25) is 0 Å². The van der Waals surface area contributed by atoms with E-state index in [-0.39, 0.29) is 5.91 Å². The normalized spacial score (nSPS) is 14.8. The van der Waals surface area contributed by atoms with Gasteiger partial charge < -0.3 is 14.2 Å². The zero-order valence-electron chi connectivity index (χ0n) is 15.4. The summed E-state index contributed by atoms with van der Waals surface area (Å²) in [5.41, 5.74) is 2.77. The van der Waals surface area contributed by atoms with Crippen LogP contribution in [0.5, 0.6) is 0 Å². The predicted molar refractivity (Wildman–Crippen MR) is 102 cm³/mol. The van der Waals surface area contributed by atoms with Gasteiger partial charge in [-0.2, -0.15) is 5.10 Å². The summed E-state index contributed by atoms with van der Waals surface area (Å²) in [6, 6.07) is 3.42. The fourth-order valence-corrected chi connectivity index (χ4v) is 3.57. The van der Waals surface area contributed by atoms with Gasteiger partial charge in [0.15, 0.2) is 17.2 Å². The smallest absolute Gasteiger partial charge is 0.289 e. The zero-order chi connectivity index (χ0) is 19.1. The SMILES string of the molecule is Cn1cc(-c2cnc3c(N4CCN(C(=O)c5ccco5)CC4)nccn23)cn1. The molecule has 5 heterocycles. The number of carbonyl (C=O) groups is 1. The molecule has 1 amide bonds. The standard InChI is InChI=1S/C19H19N7O2/c1-23-13-14(11-22-23)15-12-21-18-17(20-4-5-26(15)18)24-6-8-25(9-7-24)19(27)16-3-2-10-28-16/h2-5,10-13H,6-9H2,1H3. The van der Waals surface area contributed by atoms with Gasteiger partial charge in [-0.15, -0.1) is 0 Å². The molecule has 9 heteroatoms. The van der Waals surface area contributed by atoms with Gasteiger partial charge in [0.2, 0.25) is 0 Å². The Hall–Kier alpha value is -3.62. The van der Waals surface area contributed by atoms with E-state index in [1.807, 2.05) is 41.1 Å². The first-order chi connectivity index (χ1) is 13.7. The van der Waals surface area contributed by atoms with Crippen molar-refractivity contribution >= 4 is 17.4 Å². The maximum Gasteiger partial charge on any atom is 0.289 e. The van der Waals surface area contributed by atoms with Gasteiger partial charge in [0.1, 0.15) is 0 Å². The van der Waals surface area contributed by atoms with E-state index in [2.05, 4.69) is 20.0 Å². The average Bonchev–Trinajstić information content (AvgIpc) is 3.47. The van der Waals surface area contributed by atoms with E-state index in [0.717, 1.165) is 22.7 Å². The van der Waals surface area contributed by atoms with Gasteiger partial charge in [-0.05, 0) is 12.1 Å². The van der Waals surface area contributed by atoms with E-state index in [4.69, 9.17) is 4.42 Å². The Kier molecular flexibility index (Phi) is 3.85. The lowest BCUT2D eigenvalue weighted by Gasteiger charge is -2.35. The number of piperazine rings is 1. The van der Waals surface area contributed by atoms with Crippen LogP contribution in [0.25, 0.3) is 16.9 Å². The molecule has 0 spiro atoms. The van der Waals surface area contributed by atoms with Crippen molar-refractivity contribution in [2.75, 3.05) is 31.1 Å². The molecule has 9 nitrogen and oxygen atoms in total. The lowest BCUT2D eigenvalue weighted by atomic mass is 10.2. The topological polar surface area (TPSA) is 84.7 Å². The van der Waals surface area contributed by atoms with Crippen LogP contribution < -0.4 is 4.90 Å². The second-order valence-electron chi connectivity index (χ2n) is 6.75. The Bertz CT molecular complexity index is 1120. The number of aromatic nitrogens is 5. The monoisotopic (exact) mass is 377 g/mol. The van der Waals surface area contributed by atoms with Crippen LogP contribution in [0.1, 0.15) is 10.6 Å². The van der Waals surface area contributed by atoms with Crippen LogP contribution in [0.15, 0.2) is 53.8 Å². The fourth-order valence-electron chi connectivity index (χ4n) is 3.57. The third kappa shape index (κ3) is 2.72. The quantitative estimate of drug-likeness (QED) is 0.540. The summed E-state index contributed by atoms with van der Waals surface area (Å²) in [4.78, 5) is 25.6. The van der Waals surface area contributed by atoms with Gasteiger partial charge in [-0.3, -0.25) is 13.9 Å². The number of rotatable bonds is 3. The van der Waals surface area contributed by atoms with Gasteiger partial charge in [0.05, 0.1) is 24.4 Å². The third-order valence-corrected chi connectivity index (χ3v) is 5.01. The van der Waals surface area contributed by atoms with Crippen LogP contribution in [-0.2, 0) is 7.05 Å². The van der Waals surface area contributed by atoms with Crippen LogP contribution in [0.4, 0.5) is 5.82 Å². The molecule has 1 aliphatic rings. The highest BCUT2D eigenvalue weighted by Gasteiger charge is 2.26. The third-order valence-electron chi connectivity index (χ3n) is 5.01. The first kappa shape index (κ1) is 16.5. The Morgan fingerprint density at radius 1 is 1.14 bits per heavy atom. The Morgan fingerprint density at radius 3 is 2.71 bits per heavy atom. The van der Waals surface area contributed by atoms with Crippen molar-refractivity contribution in [2.24, 2.45) is 7.05 Å². The van der Waals surface area contributed by atoms with Gasteiger partial charge in [-0.1, -0.05) is 0 Å². The van der Waals surface area contributed by atoms with Gasteiger partial charge in [0.25, 0.3) is 5.91 Å². The molecule has 4 aromatic heterocycles. The number of imidazole rings is 1. The molecule has 0 saturated carbocycles. The largest absolute Gasteiger partial charge is 0.459 e. The van der Waals surface area contributed by atoms with Crippen molar-refractivity contribution in [1.82, 2.24) is 29.0 Å². The van der Waals surface area contributed by atoms with Crippen LogP contribution in [0, 0.1) is 0 Å². The molecular weight excluding hydrogens is 358 g/mol. The summed E-state index contributed by atoms with van der Waals surface area (Å²) >= 11 is 0. The number of carbonyl (C=O) groups excluding carboxylic acids is 1. The molecular formula is C19H19N7O2. The zero-order valence-corrected chi connectivity index (χ0v) is 15.4. The van der Waals surface area contributed by atoms with E-state index >= 15 is 0 Å². The molecule has 0 radical (unpaired) electrons. The highest BCUT2D eigenvalue weighted by Crippen LogP contribution is 2.25. The molecule has 0 unspecified atom stereocenters. The van der Waals surface area contributed by atoms with Crippen LogP contribution >= 0.6 is 0 Å². The number of furan rings is 1. The summed E-state index contributed by atoms with van der Waals surface area (Å²) in [5, 5.41) is 4.24. The first-order valence-corrected chi connectivity index (χ1v) is 9.09. The maximum atomic E-state index is 12.5. The lowest BCUT2D eigenvalue weighted by Crippen LogP contribution is -2.49. The number of hydrogen-bond donors (Lipinski definition) is 0. The second-order valence-corrected chi connectivity index (χ2v) is 6.75. The van der Waals surface area contributed by atoms with Gasteiger partial charge in [-0.25, -0.2) is 9.97 Å². The van der Waals surface area contributed by atoms with E-state index < -0.39 is 0 Å². The minimum Gasteiger partial charge on any atom is -0.459 e. The molecule has 0 N–H and O–H groups in total. The van der Waals surface area contributed by atoms with Gasteiger partial charge in [0, 0.05) is 57.4 Å². The second kappa shape index (κ2) is 6.52. The van der Waals surface area contributed by atoms with E-state index in [9.17, 15) is 4.79 Å². The molecule has 0 aliphatic carbocycles. The highest BCUT2D eigenvalue weighted by atomic mass is 16.3. The number of hydrogen-bond acceptors (Lipinski definition) is 6. The van der Waals surface area contributed by atoms with E-state index in [1.54, 1.807) is 23.0 Å². The Labute approximate surface area is 160 Å². The van der Waals surface area contributed by atoms with Crippen LogP contribution in [-0.4, -0.2) is 61.1 Å². The molecule has 1 saturated heterocycles. The lowest BCUT2D eigenvalue weighted by molar-refractivity contribution is 0.0714. The van der Waals surface area contributed by atoms with E-state index in [0.29, 0.717) is 31.9 Å². The Balaban J connectivity index is 1.39. The number of amides is 1. The van der Waals surface area contributed by atoms with Crippen LogP contribution in [0.3, 0.4) is 0 Å². The minimum absolute atomic E-state index is 0.0736. The summed E-state index contributed by atoms with van der Waals surface area (Å²) in [5.74, 6) is 1.13. The van der Waals surface area contributed by atoms with Crippen molar-refractivity contribution in [3.8, 4) is 11.3 Å². The van der Waals surface area contributed by atoms with Crippen molar-refractivity contribution in [3.63, 3.8) is 0 Å².